The largest absolute Gasteiger partial charge is 0.481 e. The third-order valence-electron chi connectivity index (χ3n) is 5.43. The molecule has 0 unspecified atom stereocenters. The molecule has 1 aromatic heterocycles. The first kappa shape index (κ1) is 25.5. The van der Waals surface area contributed by atoms with E-state index in [1.165, 1.54) is 23.0 Å². The monoisotopic (exact) mass is 568 g/mol. The minimum absolute atomic E-state index is 0.0108. The SMILES string of the molecule is CCCCc1nc2ccc(Br)cc2c(=O)n1N=Cc1cc(Cl)cc([N+](=O)[O-])c1OCc1ccccc1. The van der Waals surface area contributed by atoms with Gasteiger partial charge in [-0.2, -0.15) is 9.78 Å². The number of hydrogen-bond acceptors (Lipinski definition) is 6. The van der Waals surface area contributed by atoms with Crippen molar-refractivity contribution in [1.82, 2.24) is 9.66 Å². The van der Waals surface area contributed by atoms with Crippen molar-refractivity contribution in [2.45, 2.75) is 32.8 Å². The van der Waals surface area contributed by atoms with Crippen molar-refractivity contribution in [1.29, 1.82) is 0 Å². The minimum Gasteiger partial charge on any atom is -0.481 e. The summed E-state index contributed by atoms with van der Waals surface area (Å²) in [6.45, 7) is 2.16. The molecule has 1 heterocycles. The highest BCUT2D eigenvalue weighted by Gasteiger charge is 2.21. The van der Waals surface area contributed by atoms with Gasteiger partial charge in [-0.05, 0) is 36.2 Å². The standard InChI is InChI=1S/C26H22BrClN4O4/c1-2-3-9-24-30-22-11-10-19(27)13-21(22)26(33)31(24)29-15-18-12-20(28)14-23(32(34)35)25(18)36-16-17-7-5-4-6-8-17/h4-8,10-15H,2-3,9,16H2,1H3. The first-order valence-electron chi connectivity index (χ1n) is 11.3. The molecule has 0 aliphatic heterocycles. The molecule has 3 aromatic carbocycles. The molecule has 4 rings (SSSR count). The maximum atomic E-state index is 13.3. The van der Waals surface area contributed by atoms with Gasteiger partial charge in [-0.1, -0.05) is 71.2 Å². The zero-order chi connectivity index (χ0) is 25.7. The van der Waals surface area contributed by atoms with Crippen molar-refractivity contribution >= 4 is 50.3 Å². The molecule has 8 nitrogen and oxygen atoms in total. The van der Waals surface area contributed by atoms with Gasteiger partial charge in [0.15, 0.2) is 0 Å². The lowest BCUT2D eigenvalue weighted by Crippen LogP contribution is -2.22. The molecule has 4 aromatic rings. The van der Waals surface area contributed by atoms with Gasteiger partial charge < -0.3 is 4.74 Å². The molecule has 0 aliphatic carbocycles. The van der Waals surface area contributed by atoms with E-state index < -0.39 is 4.92 Å². The van der Waals surface area contributed by atoms with Crippen LogP contribution in [0.1, 0.15) is 36.7 Å². The van der Waals surface area contributed by atoms with Gasteiger partial charge in [-0.15, -0.1) is 0 Å². The van der Waals surface area contributed by atoms with Crippen LogP contribution in [0.3, 0.4) is 0 Å². The average molecular weight is 570 g/mol. The van der Waals surface area contributed by atoms with Crippen LogP contribution in [0, 0.1) is 10.1 Å². The lowest BCUT2D eigenvalue weighted by molar-refractivity contribution is -0.385. The van der Waals surface area contributed by atoms with Crippen LogP contribution in [0.2, 0.25) is 5.02 Å². The topological polar surface area (TPSA) is 99.6 Å². The highest BCUT2D eigenvalue weighted by Crippen LogP contribution is 2.34. The summed E-state index contributed by atoms with van der Waals surface area (Å²) in [6, 6.07) is 17.3. The predicted molar refractivity (Wildman–Crippen MR) is 144 cm³/mol. The molecule has 0 saturated carbocycles. The second kappa shape index (κ2) is 11.5. The molecule has 0 N–H and O–H groups in total. The van der Waals surface area contributed by atoms with E-state index in [2.05, 4.69) is 26.0 Å². The van der Waals surface area contributed by atoms with Crippen molar-refractivity contribution < 1.29 is 9.66 Å². The van der Waals surface area contributed by atoms with E-state index in [1.54, 1.807) is 12.1 Å². The molecule has 0 bridgehead atoms. The van der Waals surface area contributed by atoms with Gasteiger partial charge in [0.2, 0.25) is 5.75 Å². The fourth-order valence-electron chi connectivity index (χ4n) is 3.65. The molecular weight excluding hydrogens is 548 g/mol. The van der Waals surface area contributed by atoms with Crippen LogP contribution >= 0.6 is 27.5 Å². The Morgan fingerprint density at radius 2 is 1.97 bits per heavy atom. The zero-order valence-electron chi connectivity index (χ0n) is 19.4. The number of aryl methyl sites for hydroxylation is 1. The Labute approximate surface area is 220 Å². The number of nitrogens with zero attached hydrogens (tertiary/aromatic N) is 4. The maximum absolute atomic E-state index is 13.3. The van der Waals surface area contributed by atoms with E-state index in [0.29, 0.717) is 23.1 Å². The number of rotatable bonds is 9. The third kappa shape index (κ3) is 5.80. The van der Waals surface area contributed by atoms with Crippen LogP contribution in [0.5, 0.6) is 5.75 Å². The van der Waals surface area contributed by atoms with Gasteiger partial charge in [0.25, 0.3) is 5.56 Å². The number of aromatic nitrogens is 2. The van der Waals surface area contributed by atoms with Gasteiger partial charge in [-0.25, -0.2) is 4.98 Å². The number of nitro benzene ring substituents is 1. The second-order valence-corrected chi connectivity index (χ2v) is 9.38. The Morgan fingerprint density at radius 1 is 1.19 bits per heavy atom. The number of benzene rings is 3. The quantitative estimate of drug-likeness (QED) is 0.130. The van der Waals surface area contributed by atoms with Gasteiger partial charge in [0.1, 0.15) is 12.4 Å². The molecule has 184 valence electrons. The molecule has 0 fully saturated rings. The Kier molecular flexibility index (Phi) is 8.12. The third-order valence-corrected chi connectivity index (χ3v) is 6.14. The Morgan fingerprint density at radius 3 is 2.69 bits per heavy atom. The van der Waals surface area contributed by atoms with Gasteiger partial charge >= 0.3 is 5.69 Å². The van der Waals surface area contributed by atoms with Crippen molar-refractivity contribution in [2.24, 2.45) is 5.10 Å². The van der Waals surface area contributed by atoms with Crippen LogP contribution in [-0.2, 0) is 13.0 Å². The van der Waals surface area contributed by atoms with Crippen LogP contribution < -0.4 is 10.3 Å². The van der Waals surface area contributed by atoms with Crippen LogP contribution in [0.15, 0.2) is 75.0 Å². The van der Waals surface area contributed by atoms with Crippen LogP contribution in [-0.4, -0.2) is 20.8 Å². The Bertz CT molecular complexity index is 1510. The molecule has 0 spiro atoms. The van der Waals surface area contributed by atoms with Crippen molar-refractivity contribution in [3.05, 3.63) is 108 Å². The van der Waals surface area contributed by atoms with E-state index in [-0.39, 0.29) is 34.2 Å². The molecular formula is C26H22BrClN4O4. The summed E-state index contributed by atoms with van der Waals surface area (Å²) in [6.07, 6.45) is 3.62. The number of ether oxygens (including phenoxy) is 1. The molecule has 36 heavy (non-hydrogen) atoms. The molecule has 0 atom stereocenters. The number of unbranched alkanes of at least 4 members (excludes halogenated alkanes) is 1. The highest BCUT2D eigenvalue weighted by molar-refractivity contribution is 9.10. The van der Waals surface area contributed by atoms with E-state index in [4.69, 9.17) is 16.3 Å². The average Bonchev–Trinajstić information content (AvgIpc) is 2.87. The first-order chi connectivity index (χ1) is 17.4. The molecule has 0 radical (unpaired) electrons. The molecule has 0 amide bonds. The van der Waals surface area contributed by atoms with E-state index in [9.17, 15) is 14.9 Å². The number of fused-ring (bicyclic) bond motifs is 1. The fraction of sp³-hybridized carbons (Fsp3) is 0.192. The van der Waals surface area contributed by atoms with Gasteiger partial charge in [0.05, 0.1) is 22.0 Å². The highest BCUT2D eigenvalue weighted by atomic mass is 79.9. The Balaban J connectivity index is 1.81. The minimum atomic E-state index is -0.558. The molecule has 0 saturated heterocycles. The van der Waals surface area contributed by atoms with Crippen molar-refractivity contribution in [3.63, 3.8) is 0 Å². The summed E-state index contributed by atoms with van der Waals surface area (Å²) < 4.78 is 7.85. The Hall–Kier alpha value is -3.56. The zero-order valence-corrected chi connectivity index (χ0v) is 21.7. The predicted octanol–water partition coefficient (Wildman–Crippen LogP) is 6.52. The normalized spacial score (nSPS) is 11.3. The van der Waals surface area contributed by atoms with E-state index in [0.717, 1.165) is 22.9 Å². The lowest BCUT2D eigenvalue weighted by Gasteiger charge is -2.12. The summed E-state index contributed by atoms with van der Waals surface area (Å²) in [5.74, 6) is 0.507. The lowest BCUT2D eigenvalue weighted by atomic mass is 10.2. The van der Waals surface area contributed by atoms with Crippen LogP contribution in [0.4, 0.5) is 5.69 Å². The summed E-state index contributed by atoms with van der Waals surface area (Å²) in [7, 11) is 0. The van der Waals surface area contributed by atoms with Gasteiger partial charge in [-0.3, -0.25) is 14.9 Å². The fourth-order valence-corrected chi connectivity index (χ4v) is 4.23. The first-order valence-corrected chi connectivity index (χ1v) is 12.4. The van der Waals surface area contributed by atoms with E-state index in [1.807, 2.05) is 43.3 Å². The number of hydrogen-bond donors (Lipinski definition) is 0. The second-order valence-electron chi connectivity index (χ2n) is 8.03. The number of nitro groups is 1. The van der Waals surface area contributed by atoms with Crippen molar-refractivity contribution in [3.8, 4) is 5.75 Å². The van der Waals surface area contributed by atoms with Crippen molar-refractivity contribution in [2.75, 3.05) is 0 Å². The van der Waals surface area contributed by atoms with Gasteiger partial charge in [0, 0.05) is 27.5 Å². The van der Waals surface area contributed by atoms with E-state index >= 15 is 0 Å². The molecule has 10 heteroatoms. The van der Waals surface area contributed by atoms with Crippen LogP contribution in [0.25, 0.3) is 10.9 Å². The summed E-state index contributed by atoms with van der Waals surface area (Å²) in [5.41, 5.74) is 1.05. The summed E-state index contributed by atoms with van der Waals surface area (Å²) >= 11 is 9.58. The summed E-state index contributed by atoms with van der Waals surface area (Å²) in [5, 5.41) is 16.7. The summed E-state index contributed by atoms with van der Waals surface area (Å²) in [4.78, 5) is 29.2. The maximum Gasteiger partial charge on any atom is 0.313 e. The molecule has 0 aliphatic rings. The smallest absolute Gasteiger partial charge is 0.313 e. The number of halogens is 2.